The van der Waals surface area contributed by atoms with Crippen molar-refractivity contribution in [1.29, 1.82) is 0 Å². The van der Waals surface area contributed by atoms with Crippen LogP contribution in [0.4, 0.5) is 18.0 Å². The number of aromatic nitrogens is 1. The Bertz CT molecular complexity index is 2080. The first kappa shape index (κ1) is 42.9. The zero-order chi connectivity index (χ0) is 42.4. The smallest absolute Gasteiger partial charge is 0.408 e. The number of fused-ring (bicyclic) bond motifs is 3. The highest BCUT2D eigenvalue weighted by atomic mass is 32.2. The molecule has 15 nitrogen and oxygen atoms in total. The molecule has 4 aliphatic rings. The Morgan fingerprint density at radius 1 is 1.21 bits per heavy atom. The number of benzene rings is 1. The van der Waals surface area contributed by atoms with Crippen LogP contribution in [0.25, 0.3) is 10.8 Å². The predicted octanol–water partition coefficient (Wildman–Crippen LogP) is 4.28. The van der Waals surface area contributed by atoms with E-state index in [1.54, 1.807) is 32.1 Å². The second kappa shape index (κ2) is 16.2. The fraction of sp³-hybridized carbons (Fsp3) is 0.615. The number of nitrogens with one attached hydrogen (secondary N) is 3. The van der Waals surface area contributed by atoms with Crippen LogP contribution >= 0.6 is 0 Å². The second-order valence-electron chi connectivity index (χ2n) is 16.3. The number of carbonyl (C=O) groups excluding carboxylic acids is 4. The van der Waals surface area contributed by atoms with E-state index in [2.05, 4.69) is 20.3 Å². The number of amides is 4. The number of nitrogens with zero attached hydrogens (tertiary/aromatic N) is 2. The maximum Gasteiger partial charge on any atom is 0.408 e. The van der Waals surface area contributed by atoms with E-state index in [0.29, 0.717) is 31.1 Å². The van der Waals surface area contributed by atoms with Crippen molar-refractivity contribution in [2.75, 3.05) is 13.7 Å². The third-order valence-electron chi connectivity index (χ3n) is 11.4. The molecule has 1 aromatic heterocycles. The summed E-state index contributed by atoms with van der Waals surface area (Å²) in [5.74, 6) is -3.89. The lowest BCUT2D eigenvalue weighted by Gasteiger charge is -2.34. The molecule has 58 heavy (non-hydrogen) atoms. The van der Waals surface area contributed by atoms with E-state index >= 15 is 0 Å². The zero-order valence-corrected chi connectivity index (χ0v) is 34.0. The molecule has 3 N–H and O–H groups in total. The minimum absolute atomic E-state index is 0.0139. The van der Waals surface area contributed by atoms with Crippen molar-refractivity contribution >= 4 is 44.6 Å². The van der Waals surface area contributed by atoms with Crippen molar-refractivity contribution in [2.45, 2.75) is 132 Å². The molecule has 0 bridgehead atoms. The van der Waals surface area contributed by atoms with E-state index in [1.807, 2.05) is 0 Å². The maximum absolute atomic E-state index is 14.9. The Balaban J connectivity index is 1.37. The summed E-state index contributed by atoms with van der Waals surface area (Å²) in [5, 5.41) is 5.98. The number of methoxy groups -OCH3 is 1. The van der Waals surface area contributed by atoms with E-state index in [9.17, 15) is 40.8 Å². The zero-order valence-electron chi connectivity index (χ0n) is 33.2. The van der Waals surface area contributed by atoms with Crippen molar-refractivity contribution in [1.82, 2.24) is 25.2 Å². The van der Waals surface area contributed by atoms with E-state index < -0.39 is 98.3 Å². The van der Waals surface area contributed by atoms with Gasteiger partial charge in [0.25, 0.3) is 12.3 Å². The first-order chi connectivity index (χ1) is 27.2. The largest absolute Gasteiger partial charge is 0.494 e. The van der Waals surface area contributed by atoms with Crippen LogP contribution < -0.4 is 24.8 Å². The molecule has 0 radical (unpaired) electrons. The quantitative estimate of drug-likeness (QED) is 0.290. The van der Waals surface area contributed by atoms with E-state index in [-0.39, 0.29) is 42.8 Å². The molecule has 2 aliphatic carbocycles. The Labute approximate surface area is 334 Å². The third kappa shape index (κ3) is 8.70. The van der Waals surface area contributed by atoms with Crippen molar-refractivity contribution in [3.63, 3.8) is 0 Å². The van der Waals surface area contributed by atoms with Crippen molar-refractivity contribution in [2.24, 2.45) is 5.92 Å². The average Bonchev–Trinajstić information content (AvgIpc) is 4.04. The number of hydrogen-bond acceptors (Lipinski definition) is 11. The molecule has 3 fully saturated rings. The van der Waals surface area contributed by atoms with Crippen LogP contribution in [0.15, 0.2) is 36.5 Å². The normalized spacial score (nSPS) is 29.2. The Hall–Kier alpha value is -4.65. The van der Waals surface area contributed by atoms with Gasteiger partial charge in [-0.2, -0.15) is 0 Å². The number of alkyl carbamates (subject to hydrolysis) is 1. The Morgan fingerprint density at radius 3 is 2.59 bits per heavy atom. The van der Waals surface area contributed by atoms with Gasteiger partial charge in [-0.05, 0) is 89.8 Å². The standard InChI is InChI=1S/C39H50F3N5O10S/c1-7-28-30(44-36(51)57-37(3,4)34(41)42)33(49)47-20-24(56-32-25-18-26(40)29(54-6)16-22(25)12-15-43-32)17-27(47)31(48)45-39(19-23(39)11-9-8-10-21(2)55-28)35(50)46-58(52,53)38(5)13-14-38/h9,11-12,15-16,18,21,23-24,27-28,30,34H,7-8,10,13-14,17,19-20H2,1-6H3,(H,44,51)(H,45,48)(H,46,50)/b11-9-/t21-,23+,24+,27-,28-,30-,39+/m0/s1. The van der Waals surface area contributed by atoms with Crippen LogP contribution in [0.2, 0.25) is 0 Å². The molecule has 3 heterocycles. The highest BCUT2D eigenvalue weighted by molar-refractivity contribution is 7.91. The van der Waals surface area contributed by atoms with Crippen molar-refractivity contribution in [3.8, 4) is 11.6 Å². The molecule has 0 spiro atoms. The minimum atomic E-state index is -4.10. The van der Waals surface area contributed by atoms with Crippen LogP contribution in [-0.4, -0.2) is 108 Å². The number of rotatable bonds is 10. The predicted molar refractivity (Wildman–Crippen MR) is 203 cm³/mol. The molecular weight excluding hydrogens is 788 g/mol. The number of alkyl halides is 2. The fourth-order valence-electron chi connectivity index (χ4n) is 7.30. The van der Waals surface area contributed by atoms with Crippen molar-refractivity contribution in [3.05, 3.63) is 42.4 Å². The minimum Gasteiger partial charge on any atom is -0.494 e. The van der Waals surface area contributed by atoms with Gasteiger partial charge in [0.1, 0.15) is 23.7 Å². The molecule has 6 rings (SSSR count). The van der Waals surface area contributed by atoms with Crippen molar-refractivity contribution < 1.29 is 59.7 Å². The second-order valence-corrected chi connectivity index (χ2v) is 18.5. The summed E-state index contributed by atoms with van der Waals surface area (Å²) >= 11 is 0. The average molecular weight is 838 g/mol. The molecule has 1 aromatic carbocycles. The molecule has 2 saturated carbocycles. The number of carbonyl (C=O) groups is 4. The molecule has 0 unspecified atom stereocenters. The molecule has 2 aliphatic heterocycles. The van der Waals surface area contributed by atoms with Gasteiger partial charge in [-0.1, -0.05) is 19.1 Å². The number of pyridine rings is 1. The van der Waals surface area contributed by atoms with Gasteiger partial charge in [-0.3, -0.25) is 19.1 Å². The first-order valence-corrected chi connectivity index (χ1v) is 20.8. The SMILES string of the molecule is CC[C@@H]1O[C@@H](C)CC/C=C\[C@@H]2C[C@@]2(C(=O)NS(=O)(=O)C2(C)CC2)NC(=O)[C@@H]2C[C@@H](Oc3nccc4cc(OC)c(F)cc34)CN2C(=O)[C@H]1NC(=O)OC(C)(C)C(F)F. The van der Waals surface area contributed by atoms with Gasteiger partial charge in [-0.25, -0.2) is 31.4 Å². The van der Waals surface area contributed by atoms with E-state index in [0.717, 1.165) is 18.7 Å². The number of allylic oxidation sites excluding steroid dienone is 1. The van der Waals surface area contributed by atoms with Gasteiger partial charge in [0.05, 0.1) is 30.6 Å². The van der Waals surface area contributed by atoms with Gasteiger partial charge < -0.3 is 34.5 Å². The highest BCUT2D eigenvalue weighted by Crippen LogP contribution is 2.47. The van der Waals surface area contributed by atoms with E-state index in [1.165, 1.54) is 32.4 Å². The van der Waals surface area contributed by atoms with Gasteiger partial charge in [0, 0.05) is 23.9 Å². The summed E-state index contributed by atoms with van der Waals surface area (Å²) in [5.41, 5.74) is -3.90. The van der Waals surface area contributed by atoms with Gasteiger partial charge in [-0.15, -0.1) is 0 Å². The van der Waals surface area contributed by atoms with Gasteiger partial charge in [0.2, 0.25) is 27.7 Å². The summed E-state index contributed by atoms with van der Waals surface area (Å²) in [6.45, 7) is 6.73. The summed E-state index contributed by atoms with van der Waals surface area (Å²) in [4.78, 5) is 61.8. The molecule has 2 aromatic rings. The first-order valence-electron chi connectivity index (χ1n) is 19.3. The van der Waals surface area contributed by atoms with Crippen LogP contribution in [0.3, 0.4) is 0 Å². The molecular formula is C39H50F3N5O10S. The molecule has 1 saturated heterocycles. The Morgan fingerprint density at radius 2 is 1.93 bits per heavy atom. The third-order valence-corrected chi connectivity index (χ3v) is 13.6. The van der Waals surface area contributed by atoms with E-state index in [4.69, 9.17) is 18.9 Å². The lowest BCUT2D eigenvalue weighted by Crippen LogP contribution is -2.61. The monoisotopic (exact) mass is 837 g/mol. The maximum atomic E-state index is 14.9. The van der Waals surface area contributed by atoms with Crippen LogP contribution in [0.1, 0.15) is 79.6 Å². The summed E-state index contributed by atoms with van der Waals surface area (Å²) in [6, 6.07) is 1.31. The highest BCUT2D eigenvalue weighted by Gasteiger charge is 2.63. The number of hydrogen-bond donors (Lipinski definition) is 3. The van der Waals surface area contributed by atoms with Crippen LogP contribution in [-0.2, 0) is 33.9 Å². The molecule has 7 atom stereocenters. The van der Waals surface area contributed by atoms with Gasteiger partial charge in [0.15, 0.2) is 17.2 Å². The summed E-state index contributed by atoms with van der Waals surface area (Å²) in [6.07, 6.45) is -0.269. The summed E-state index contributed by atoms with van der Waals surface area (Å²) < 4.78 is 92.5. The molecule has 19 heteroatoms. The topological polar surface area (TPSA) is 192 Å². The fourth-order valence-corrected chi connectivity index (χ4v) is 8.61. The lowest BCUT2D eigenvalue weighted by molar-refractivity contribution is -0.145. The van der Waals surface area contributed by atoms with Gasteiger partial charge >= 0.3 is 6.09 Å². The Kier molecular flexibility index (Phi) is 12.0. The van der Waals surface area contributed by atoms with Crippen LogP contribution in [0, 0.1) is 11.7 Å². The lowest BCUT2D eigenvalue weighted by atomic mass is 10.0. The van der Waals surface area contributed by atoms with Crippen LogP contribution in [0.5, 0.6) is 11.6 Å². The number of sulfonamides is 1. The number of halogens is 3. The number of ether oxygens (including phenoxy) is 4. The summed E-state index contributed by atoms with van der Waals surface area (Å²) in [7, 11) is -2.78. The molecule has 4 amide bonds. The molecule has 318 valence electrons.